The zero-order valence-electron chi connectivity index (χ0n) is 13.0. The first-order chi connectivity index (χ1) is 10.4. The molecule has 128 valence electrons. The summed E-state index contributed by atoms with van der Waals surface area (Å²) in [6.45, 7) is 4.07. The van der Waals surface area contributed by atoms with Gasteiger partial charge < -0.3 is 15.0 Å². The van der Waals surface area contributed by atoms with E-state index in [-0.39, 0.29) is 24.8 Å². The van der Waals surface area contributed by atoms with E-state index in [4.69, 9.17) is 4.74 Å². The van der Waals surface area contributed by atoms with Crippen molar-refractivity contribution >= 4 is 5.91 Å². The molecule has 2 rings (SSSR count). The van der Waals surface area contributed by atoms with Crippen LogP contribution in [0.3, 0.4) is 0 Å². The van der Waals surface area contributed by atoms with Crippen LogP contribution in [-0.4, -0.2) is 55.4 Å². The molecule has 1 saturated carbocycles. The Morgan fingerprint density at radius 3 is 2.59 bits per heavy atom. The molecule has 4 nitrogen and oxygen atoms in total. The van der Waals surface area contributed by atoms with Crippen molar-refractivity contribution in [1.82, 2.24) is 10.2 Å². The summed E-state index contributed by atoms with van der Waals surface area (Å²) >= 11 is 0. The summed E-state index contributed by atoms with van der Waals surface area (Å²) in [4.78, 5) is 14.2. The maximum Gasteiger partial charge on any atom is 0.391 e. The fourth-order valence-electron chi connectivity index (χ4n) is 3.29. The van der Waals surface area contributed by atoms with Gasteiger partial charge in [-0.15, -0.1) is 0 Å². The van der Waals surface area contributed by atoms with E-state index in [2.05, 4.69) is 5.32 Å². The van der Waals surface area contributed by atoms with Gasteiger partial charge in [-0.3, -0.25) is 4.79 Å². The predicted octanol–water partition coefficient (Wildman–Crippen LogP) is 2.33. The molecule has 1 aliphatic carbocycles. The van der Waals surface area contributed by atoms with E-state index in [9.17, 15) is 18.0 Å². The number of hydrogen-bond acceptors (Lipinski definition) is 3. The van der Waals surface area contributed by atoms with Gasteiger partial charge in [0.15, 0.2) is 0 Å². The van der Waals surface area contributed by atoms with Gasteiger partial charge in [0.25, 0.3) is 0 Å². The number of morpholine rings is 1. The second kappa shape index (κ2) is 7.64. The van der Waals surface area contributed by atoms with Gasteiger partial charge in [0.05, 0.1) is 25.2 Å². The van der Waals surface area contributed by atoms with E-state index in [0.717, 1.165) is 0 Å². The highest BCUT2D eigenvalue weighted by Crippen LogP contribution is 2.37. The number of nitrogens with zero attached hydrogens (tertiary/aromatic N) is 1. The molecule has 7 heteroatoms. The van der Waals surface area contributed by atoms with Gasteiger partial charge in [-0.05, 0) is 25.7 Å². The van der Waals surface area contributed by atoms with Gasteiger partial charge in [-0.25, -0.2) is 0 Å². The lowest BCUT2D eigenvalue weighted by Crippen LogP contribution is -2.53. The van der Waals surface area contributed by atoms with Crippen molar-refractivity contribution in [3.05, 3.63) is 0 Å². The Morgan fingerprint density at radius 1 is 1.32 bits per heavy atom. The van der Waals surface area contributed by atoms with E-state index < -0.39 is 18.1 Å². The topological polar surface area (TPSA) is 41.6 Å². The molecule has 1 aliphatic heterocycles. The highest BCUT2D eigenvalue weighted by atomic mass is 19.4. The Bertz CT molecular complexity index is 370. The van der Waals surface area contributed by atoms with Gasteiger partial charge in [-0.1, -0.05) is 13.3 Å². The molecule has 0 unspecified atom stereocenters. The van der Waals surface area contributed by atoms with Crippen LogP contribution in [0.2, 0.25) is 0 Å². The third-order valence-electron chi connectivity index (χ3n) is 4.60. The third kappa shape index (κ3) is 4.59. The average Bonchev–Trinajstić information content (AvgIpc) is 2.52. The Kier molecular flexibility index (Phi) is 6.09. The SMILES string of the molecule is CC[C@H](N[C@@H]1CCC[C@H](C(F)(F)F)C1)C(=O)N1CCOCC1. The first-order valence-electron chi connectivity index (χ1n) is 8.11. The van der Waals surface area contributed by atoms with E-state index in [1.165, 1.54) is 0 Å². The van der Waals surface area contributed by atoms with E-state index in [0.29, 0.717) is 45.6 Å². The Morgan fingerprint density at radius 2 is 2.00 bits per heavy atom. The molecular formula is C15H25F3N2O2. The first-order valence-corrected chi connectivity index (χ1v) is 8.11. The first kappa shape index (κ1) is 17.5. The predicted molar refractivity (Wildman–Crippen MR) is 76.4 cm³/mol. The van der Waals surface area contributed by atoms with E-state index >= 15 is 0 Å². The number of carbonyl (C=O) groups is 1. The number of hydrogen-bond donors (Lipinski definition) is 1. The minimum atomic E-state index is -4.13. The lowest BCUT2D eigenvalue weighted by atomic mass is 9.85. The molecule has 1 saturated heterocycles. The van der Waals surface area contributed by atoms with Gasteiger partial charge in [0, 0.05) is 19.1 Å². The number of carbonyl (C=O) groups excluding carboxylic acids is 1. The maximum atomic E-state index is 12.9. The highest BCUT2D eigenvalue weighted by Gasteiger charge is 2.42. The Hall–Kier alpha value is -0.820. The van der Waals surface area contributed by atoms with Crippen LogP contribution >= 0.6 is 0 Å². The van der Waals surface area contributed by atoms with Crippen molar-refractivity contribution in [3.8, 4) is 0 Å². The fraction of sp³-hybridized carbons (Fsp3) is 0.933. The summed E-state index contributed by atoms with van der Waals surface area (Å²) in [7, 11) is 0. The zero-order valence-corrected chi connectivity index (χ0v) is 13.0. The number of amides is 1. The van der Waals surface area contributed by atoms with Crippen LogP contribution in [0.15, 0.2) is 0 Å². The van der Waals surface area contributed by atoms with Gasteiger partial charge in [0.2, 0.25) is 5.91 Å². The van der Waals surface area contributed by atoms with E-state index in [1.807, 2.05) is 6.92 Å². The van der Waals surface area contributed by atoms with Crippen molar-refractivity contribution in [2.75, 3.05) is 26.3 Å². The van der Waals surface area contributed by atoms with Crippen LogP contribution in [0.1, 0.15) is 39.0 Å². The fourth-order valence-corrected chi connectivity index (χ4v) is 3.29. The molecule has 0 aromatic carbocycles. The summed E-state index contributed by atoms with van der Waals surface area (Å²) < 4.78 is 43.8. The van der Waals surface area contributed by atoms with Crippen molar-refractivity contribution in [2.45, 2.75) is 57.3 Å². The summed E-state index contributed by atoms with van der Waals surface area (Å²) in [6.07, 6.45) is -1.99. The minimum absolute atomic E-state index is 0.0140. The van der Waals surface area contributed by atoms with Gasteiger partial charge >= 0.3 is 6.18 Å². The highest BCUT2D eigenvalue weighted by molar-refractivity contribution is 5.82. The standard InChI is InChI=1S/C15H25F3N2O2/c1-2-13(14(21)20-6-8-22-9-7-20)19-12-5-3-4-11(10-12)15(16,17)18/h11-13,19H,2-10H2,1H3/t11-,12+,13-/m0/s1. The van der Waals surface area contributed by atoms with Crippen molar-refractivity contribution in [1.29, 1.82) is 0 Å². The number of halogens is 3. The molecule has 0 aromatic heterocycles. The van der Waals surface area contributed by atoms with Crippen LogP contribution in [0, 0.1) is 5.92 Å². The summed E-state index contributed by atoms with van der Waals surface area (Å²) in [5, 5.41) is 3.17. The summed E-state index contributed by atoms with van der Waals surface area (Å²) in [6, 6.07) is -0.620. The van der Waals surface area contributed by atoms with Crippen LogP contribution in [-0.2, 0) is 9.53 Å². The van der Waals surface area contributed by atoms with Crippen molar-refractivity contribution < 1.29 is 22.7 Å². The monoisotopic (exact) mass is 322 g/mol. The molecule has 0 aromatic rings. The number of nitrogens with one attached hydrogen (secondary N) is 1. The quantitative estimate of drug-likeness (QED) is 0.864. The Labute approximate surface area is 129 Å². The molecule has 22 heavy (non-hydrogen) atoms. The smallest absolute Gasteiger partial charge is 0.378 e. The second-order valence-corrected chi connectivity index (χ2v) is 6.17. The van der Waals surface area contributed by atoms with Crippen LogP contribution in [0.4, 0.5) is 13.2 Å². The molecule has 1 amide bonds. The normalized spacial score (nSPS) is 28.5. The number of rotatable bonds is 4. The maximum absolute atomic E-state index is 12.9. The third-order valence-corrected chi connectivity index (χ3v) is 4.60. The van der Waals surface area contributed by atoms with Gasteiger partial charge in [0.1, 0.15) is 0 Å². The lowest BCUT2D eigenvalue weighted by Gasteiger charge is -2.35. The van der Waals surface area contributed by atoms with Crippen molar-refractivity contribution in [3.63, 3.8) is 0 Å². The van der Waals surface area contributed by atoms with Gasteiger partial charge in [-0.2, -0.15) is 13.2 Å². The molecule has 3 atom stereocenters. The molecule has 0 spiro atoms. The van der Waals surface area contributed by atoms with Crippen LogP contribution in [0.25, 0.3) is 0 Å². The Balaban J connectivity index is 1.90. The molecule has 0 radical (unpaired) electrons. The molecular weight excluding hydrogens is 297 g/mol. The largest absolute Gasteiger partial charge is 0.391 e. The molecule has 1 N–H and O–H groups in total. The van der Waals surface area contributed by atoms with Crippen molar-refractivity contribution in [2.24, 2.45) is 5.92 Å². The van der Waals surface area contributed by atoms with Crippen LogP contribution in [0.5, 0.6) is 0 Å². The van der Waals surface area contributed by atoms with Crippen LogP contribution < -0.4 is 5.32 Å². The second-order valence-electron chi connectivity index (χ2n) is 6.17. The molecule has 0 bridgehead atoms. The zero-order chi connectivity index (χ0) is 16.2. The number of alkyl halides is 3. The summed E-state index contributed by atoms with van der Waals surface area (Å²) in [5.41, 5.74) is 0. The number of ether oxygens (including phenoxy) is 1. The molecule has 2 fully saturated rings. The minimum Gasteiger partial charge on any atom is -0.378 e. The molecule has 2 aliphatic rings. The molecule has 1 heterocycles. The average molecular weight is 322 g/mol. The summed E-state index contributed by atoms with van der Waals surface area (Å²) in [5.74, 6) is -1.25. The lowest BCUT2D eigenvalue weighted by molar-refractivity contribution is -0.183. The van der Waals surface area contributed by atoms with E-state index in [1.54, 1.807) is 4.90 Å².